The molecule has 4 nitrogen and oxygen atoms in total. The zero-order valence-corrected chi connectivity index (χ0v) is 8.26. The molecule has 0 rings (SSSR count). The Morgan fingerprint density at radius 2 is 2.15 bits per heavy atom. The van der Waals surface area contributed by atoms with Crippen molar-refractivity contribution in [1.82, 2.24) is 5.32 Å². The molecule has 1 amide bonds. The summed E-state index contributed by atoms with van der Waals surface area (Å²) in [4.78, 5) is 11.0. The van der Waals surface area contributed by atoms with E-state index in [9.17, 15) is 9.18 Å². The van der Waals surface area contributed by atoms with E-state index in [-0.39, 0.29) is 6.54 Å². The van der Waals surface area contributed by atoms with E-state index in [2.05, 4.69) is 5.32 Å². The molecule has 0 spiro atoms. The third-order valence-electron chi connectivity index (χ3n) is 1.11. The number of amides is 1. The van der Waals surface area contributed by atoms with Crippen molar-refractivity contribution in [3.8, 4) is 0 Å². The van der Waals surface area contributed by atoms with Gasteiger partial charge in [0.05, 0.1) is 6.04 Å². The summed E-state index contributed by atoms with van der Waals surface area (Å²) in [6, 6.07) is -0.660. The van der Waals surface area contributed by atoms with Crippen LogP contribution in [0.1, 0.15) is 20.8 Å². The first-order valence-corrected chi connectivity index (χ1v) is 4.13. The van der Waals surface area contributed by atoms with Crippen LogP contribution in [0.3, 0.4) is 0 Å². The summed E-state index contributed by atoms with van der Waals surface area (Å²) in [5.41, 5.74) is 4.70. The Labute approximate surface area is 77.6 Å². The molecular formula is C8H17FN2O2. The first kappa shape index (κ1) is 12.2. The minimum absolute atomic E-state index is 0.0887. The van der Waals surface area contributed by atoms with Gasteiger partial charge in [-0.2, -0.15) is 0 Å². The smallest absolute Gasteiger partial charge is 0.407 e. The molecule has 78 valence electrons. The maximum Gasteiger partial charge on any atom is 0.407 e. The Morgan fingerprint density at radius 1 is 1.62 bits per heavy atom. The van der Waals surface area contributed by atoms with Crippen molar-refractivity contribution < 1.29 is 13.9 Å². The van der Waals surface area contributed by atoms with Gasteiger partial charge in [-0.1, -0.05) is 0 Å². The van der Waals surface area contributed by atoms with Crippen LogP contribution in [-0.2, 0) is 4.74 Å². The standard InChI is InChI=1S/C8H17FN2O2/c1-8(2,3)13-7(12)11-5-6(10)4-9/h6H,4-5,10H2,1-3H3,(H,11,12). The van der Waals surface area contributed by atoms with Crippen LogP contribution in [0.25, 0.3) is 0 Å². The Balaban J connectivity index is 3.64. The molecule has 0 aromatic heterocycles. The fourth-order valence-electron chi connectivity index (χ4n) is 0.583. The fourth-order valence-corrected chi connectivity index (χ4v) is 0.583. The van der Waals surface area contributed by atoms with E-state index in [0.29, 0.717) is 0 Å². The highest BCUT2D eigenvalue weighted by Crippen LogP contribution is 2.06. The van der Waals surface area contributed by atoms with E-state index in [4.69, 9.17) is 10.5 Å². The number of carbonyl (C=O) groups is 1. The van der Waals surface area contributed by atoms with Crippen molar-refractivity contribution in [2.24, 2.45) is 5.73 Å². The molecule has 5 heteroatoms. The fraction of sp³-hybridized carbons (Fsp3) is 0.875. The number of hydrogen-bond donors (Lipinski definition) is 2. The van der Waals surface area contributed by atoms with Gasteiger partial charge in [0.25, 0.3) is 0 Å². The number of halogens is 1. The predicted octanol–water partition coefficient (Wildman–Crippen LogP) is 0.808. The summed E-state index contributed by atoms with van der Waals surface area (Å²) < 4.78 is 16.8. The summed E-state index contributed by atoms with van der Waals surface area (Å²) in [7, 11) is 0. The Hall–Kier alpha value is -0.840. The SMILES string of the molecule is CC(C)(C)OC(=O)NCC(N)CF. The molecule has 1 unspecified atom stereocenters. The van der Waals surface area contributed by atoms with Crippen LogP contribution in [0.4, 0.5) is 9.18 Å². The van der Waals surface area contributed by atoms with Gasteiger partial charge in [-0.3, -0.25) is 0 Å². The normalized spacial score (nSPS) is 13.6. The van der Waals surface area contributed by atoms with Gasteiger partial charge in [-0.25, -0.2) is 9.18 Å². The first-order valence-electron chi connectivity index (χ1n) is 4.13. The van der Waals surface area contributed by atoms with Gasteiger partial charge < -0.3 is 15.8 Å². The second-order valence-electron chi connectivity index (χ2n) is 3.80. The third-order valence-corrected chi connectivity index (χ3v) is 1.11. The zero-order valence-electron chi connectivity index (χ0n) is 8.26. The molecule has 0 aliphatic heterocycles. The number of nitrogens with one attached hydrogen (secondary N) is 1. The van der Waals surface area contributed by atoms with E-state index < -0.39 is 24.4 Å². The van der Waals surface area contributed by atoms with Crippen LogP contribution in [0, 0.1) is 0 Å². The maximum absolute atomic E-state index is 11.9. The van der Waals surface area contributed by atoms with Crippen LogP contribution < -0.4 is 11.1 Å². The minimum atomic E-state index is -0.660. The summed E-state index contributed by atoms with van der Waals surface area (Å²) in [6.45, 7) is 4.69. The highest BCUT2D eigenvalue weighted by molar-refractivity contribution is 5.67. The monoisotopic (exact) mass is 192 g/mol. The lowest BCUT2D eigenvalue weighted by Crippen LogP contribution is -2.41. The molecule has 0 heterocycles. The highest BCUT2D eigenvalue weighted by atomic mass is 19.1. The van der Waals surface area contributed by atoms with Crippen molar-refractivity contribution >= 4 is 6.09 Å². The molecule has 0 aliphatic carbocycles. The van der Waals surface area contributed by atoms with Gasteiger partial charge in [0, 0.05) is 6.54 Å². The molecule has 0 saturated carbocycles. The zero-order chi connectivity index (χ0) is 10.5. The van der Waals surface area contributed by atoms with Crippen LogP contribution in [-0.4, -0.2) is 31.0 Å². The van der Waals surface area contributed by atoms with Crippen LogP contribution >= 0.6 is 0 Å². The average molecular weight is 192 g/mol. The molecule has 0 bridgehead atoms. The Bertz CT molecular complexity index is 168. The molecule has 0 aromatic carbocycles. The van der Waals surface area contributed by atoms with Crippen LogP contribution in [0.2, 0.25) is 0 Å². The van der Waals surface area contributed by atoms with Crippen LogP contribution in [0.5, 0.6) is 0 Å². The van der Waals surface area contributed by atoms with Crippen molar-refractivity contribution in [2.45, 2.75) is 32.4 Å². The second-order valence-corrected chi connectivity index (χ2v) is 3.80. The summed E-state index contributed by atoms with van der Waals surface area (Å²) in [6.07, 6.45) is -0.573. The second kappa shape index (κ2) is 5.01. The number of rotatable bonds is 3. The molecule has 0 radical (unpaired) electrons. The molecule has 0 aliphatic rings. The number of hydrogen-bond acceptors (Lipinski definition) is 3. The van der Waals surface area contributed by atoms with Crippen molar-refractivity contribution in [1.29, 1.82) is 0 Å². The van der Waals surface area contributed by atoms with E-state index in [0.717, 1.165) is 0 Å². The van der Waals surface area contributed by atoms with Gasteiger partial charge in [-0.05, 0) is 20.8 Å². The van der Waals surface area contributed by atoms with Crippen molar-refractivity contribution in [2.75, 3.05) is 13.2 Å². The molecular weight excluding hydrogens is 175 g/mol. The molecule has 13 heavy (non-hydrogen) atoms. The minimum Gasteiger partial charge on any atom is -0.444 e. The summed E-state index contributed by atoms with van der Waals surface area (Å²) in [5.74, 6) is 0. The van der Waals surface area contributed by atoms with E-state index in [1.807, 2.05) is 0 Å². The highest BCUT2D eigenvalue weighted by Gasteiger charge is 2.16. The van der Waals surface area contributed by atoms with Crippen molar-refractivity contribution in [3.63, 3.8) is 0 Å². The van der Waals surface area contributed by atoms with Gasteiger partial charge in [0.2, 0.25) is 0 Å². The average Bonchev–Trinajstić information content (AvgIpc) is 1.97. The number of alkyl halides is 1. The molecule has 0 saturated heterocycles. The molecule has 1 atom stereocenters. The van der Waals surface area contributed by atoms with Crippen molar-refractivity contribution in [3.05, 3.63) is 0 Å². The predicted molar refractivity (Wildman–Crippen MR) is 48.2 cm³/mol. The van der Waals surface area contributed by atoms with Crippen LogP contribution in [0.15, 0.2) is 0 Å². The van der Waals surface area contributed by atoms with E-state index >= 15 is 0 Å². The lowest BCUT2D eigenvalue weighted by molar-refractivity contribution is 0.0523. The number of carbonyl (C=O) groups excluding carboxylic acids is 1. The van der Waals surface area contributed by atoms with Gasteiger partial charge in [0.15, 0.2) is 0 Å². The number of nitrogens with two attached hydrogens (primary N) is 1. The lowest BCUT2D eigenvalue weighted by Gasteiger charge is -2.20. The van der Waals surface area contributed by atoms with Gasteiger partial charge in [0.1, 0.15) is 12.3 Å². The quantitative estimate of drug-likeness (QED) is 0.695. The Morgan fingerprint density at radius 3 is 2.54 bits per heavy atom. The third kappa shape index (κ3) is 7.52. The van der Waals surface area contributed by atoms with E-state index in [1.54, 1.807) is 20.8 Å². The van der Waals surface area contributed by atoms with Gasteiger partial charge >= 0.3 is 6.09 Å². The van der Waals surface area contributed by atoms with Gasteiger partial charge in [-0.15, -0.1) is 0 Å². The largest absolute Gasteiger partial charge is 0.444 e. The lowest BCUT2D eigenvalue weighted by atomic mass is 10.2. The first-order chi connectivity index (χ1) is 5.85. The molecule has 0 fully saturated rings. The topological polar surface area (TPSA) is 64.3 Å². The number of ether oxygens (including phenoxy) is 1. The summed E-state index contributed by atoms with van der Waals surface area (Å²) >= 11 is 0. The Kier molecular flexibility index (Phi) is 4.69. The summed E-state index contributed by atoms with van der Waals surface area (Å²) in [5, 5.41) is 2.36. The van der Waals surface area contributed by atoms with E-state index in [1.165, 1.54) is 0 Å². The maximum atomic E-state index is 11.9. The molecule has 3 N–H and O–H groups in total. The molecule has 0 aromatic rings. The number of alkyl carbamates (subject to hydrolysis) is 1.